The number of carbonyl (C=O) groups excluding carboxylic acids is 2. The molecule has 5 nitrogen and oxygen atoms in total. The Labute approximate surface area is 154 Å². The molecule has 136 valence electrons. The molecule has 1 unspecified atom stereocenters. The summed E-state index contributed by atoms with van der Waals surface area (Å²) in [4.78, 5) is 27.1. The summed E-state index contributed by atoms with van der Waals surface area (Å²) in [6.07, 6.45) is 0.799. The third-order valence-corrected chi connectivity index (χ3v) is 4.49. The van der Waals surface area contributed by atoms with Crippen molar-refractivity contribution in [2.75, 3.05) is 18.1 Å². The first-order valence-electron chi connectivity index (χ1n) is 9.03. The van der Waals surface area contributed by atoms with Gasteiger partial charge in [0.1, 0.15) is 11.8 Å². The molecule has 0 aliphatic carbocycles. The van der Waals surface area contributed by atoms with Crippen molar-refractivity contribution in [3.05, 3.63) is 59.7 Å². The van der Waals surface area contributed by atoms with E-state index in [-0.39, 0.29) is 18.2 Å². The highest BCUT2D eigenvalue weighted by atomic mass is 16.5. The lowest BCUT2D eigenvalue weighted by atomic mass is 10.1. The van der Waals surface area contributed by atoms with E-state index in [2.05, 4.69) is 5.32 Å². The Morgan fingerprint density at radius 2 is 1.85 bits per heavy atom. The predicted molar refractivity (Wildman–Crippen MR) is 101 cm³/mol. The molecule has 0 spiro atoms. The second kappa shape index (κ2) is 8.04. The van der Waals surface area contributed by atoms with Crippen LogP contribution in [0, 0.1) is 0 Å². The zero-order chi connectivity index (χ0) is 18.5. The van der Waals surface area contributed by atoms with Crippen LogP contribution in [0.15, 0.2) is 48.5 Å². The Bertz CT molecular complexity index is 786. The van der Waals surface area contributed by atoms with Crippen LogP contribution in [0.3, 0.4) is 0 Å². The van der Waals surface area contributed by atoms with Gasteiger partial charge >= 0.3 is 0 Å². The molecule has 1 aliphatic heterocycles. The van der Waals surface area contributed by atoms with Crippen molar-refractivity contribution in [1.29, 1.82) is 0 Å². The molecule has 0 fully saturated rings. The average Bonchev–Trinajstić information content (AvgIpc) is 3.03. The van der Waals surface area contributed by atoms with E-state index < -0.39 is 6.04 Å². The Morgan fingerprint density at radius 1 is 1.12 bits per heavy atom. The van der Waals surface area contributed by atoms with E-state index in [9.17, 15) is 9.59 Å². The van der Waals surface area contributed by atoms with Crippen molar-refractivity contribution in [2.45, 2.75) is 32.7 Å². The van der Waals surface area contributed by atoms with Gasteiger partial charge in [-0.15, -0.1) is 0 Å². The maximum Gasteiger partial charge on any atom is 0.243 e. The molecule has 0 bridgehead atoms. The fraction of sp³-hybridized carbons (Fsp3) is 0.333. The third kappa shape index (κ3) is 3.72. The van der Waals surface area contributed by atoms with Gasteiger partial charge in [0, 0.05) is 18.7 Å². The zero-order valence-electron chi connectivity index (χ0n) is 15.2. The van der Waals surface area contributed by atoms with E-state index in [4.69, 9.17) is 4.74 Å². The highest BCUT2D eigenvalue weighted by Crippen LogP contribution is 2.32. The van der Waals surface area contributed by atoms with Crippen molar-refractivity contribution >= 4 is 17.5 Å². The molecular weight excluding hydrogens is 328 g/mol. The van der Waals surface area contributed by atoms with Crippen LogP contribution < -0.4 is 15.0 Å². The van der Waals surface area contributed by atoms with E-state index in [0.29, 0.717) is 19.6 Å². The van der Waals surface area contributed by atoms with Crippen LogP contribution in [0.1, 0.15) is 25.0 Å². The van der Waals surface area contributed by atoms with E-state index in [1.165, 1.54) is 0 Å². The molecule has 2 amide bonds. The van der Waals surface area contributed by atoms with Crippen molar-refractivity contribution in [1.82, 2.24) is 5.32 Å². The van der Waals surface area contributed by atoms with Crippen LogP contribution in [0.5, 0.6) is 5.75 Å². The van der Waals surface area contributed by atoms with Crippen molar-refractivity contribution < 1.29 is 14.3 Å². The Kier molecular flexibility index (Phi) is 5.56. The number of nitrogens with zero attached hydrogens (tertiary/aromatic N) is 1. The lowest BCUT2D eigenvalue weighted by molar-refractivity contribution is -0.125. The van der Waals surface area contributed by atoms with Gasteiger partial charge in [0.05, 0.1) is 13.0 Å². The minimum Gasteiger partial charge on any atom is -0.494 e. The summed E-state index contributed by atoms with van der Waals surface area (Å²) >= 11 is 0. The molecule has 26 heavy (non-hydrogen) atoms. The van der Waals surface area contributed by atoms with Crippen LogP contribution in [0.2, 0.25) is 0 Å². The molecule has 1 N–H and O–H groups in total. The lowest BCUT2D eigenvalue weighted by Crippen LogP contribution is -2.48. The molecule has 0 aromatic heterocycles. The van der Waals surface area contributed by atoms with Gasteiger partial charge in [0.15, 0.2) is 0 Å². The Balaban J connectivity index is 1.81. The maximum atomic E-state index is 13.0. The second-order valence-corrected chi connectivity index (χ2v) is 6.26. The van der Waals surface area contributed by atoms with Gasteiger partial charge < -0.3 is 10.1 Å². The van der Waals surface area contributed by atoms with Crippen molar-refractivity contribution in [2.24, 2.45) is 0 Å². The SMILES string of the molecule is CCNC(=O)C1Cc2ccccc2N1C(=O)Cc1ccc(OCC)cc1. The molecule has 1 aliphatic rings. The molecule has 1 heterocycles. The maximum absolute atomic E-state index is 13.0. The lowest BCUT2D eigenvalue weighted by Gasteiger charge is -2.25. The normalized spacial score (nSPS) is 15.5. The topological polar surface area (TPSA) is 58.6 Å². The number of anilines is 1. The number of rotatable bonds is 6. The average molecular weight is 352 g/mol. The first kappa shape index (κ1) is 18.0. The Hall–Kier alpha value is -2.82. The van der Waals surface area contributed by atoms with Gasteiger partial charge in [-0.25, -0.2) is 0 Å². The van der Waals surface area contributed by atoms with E-state index in [0.717, 1.165) is 22.6 Å². The summed E-state index contributed by atoms with van der Waals surface area (Å²) in [5.74, 6) is 0.606. The number of ether oxygens (including phenoxy) is 1. The second-order valence-electron chi connectivity index (χ2n) is 6.26. The molecular formula is C21H24N2O3. The van der Waals surface area contributed by atoms with E-state index >= 15 is 0 Å². The number of fused-ring (bicyclic) bond motifs is 1. The molecule has 0 saturated heterocycles. The van der Waals surface area contributed by atoms with Gasteiger partial charge in [-0.2, -0.15) is 0 Å². The number of hydrogen-bond donors (Lipinski definition) is 1. The molecule has 0 radical (unpaired) electrons. The number of hydrogen-bond acceptors (Lipinski definition) is 3. The summed E-state index contributed by atoms with van der Waals surface area (Å²) in [6.45, 7) is 4.97. The van der Waals surface area contributed by atoms with Gasteiger partial charge in [0.25, 0.3) is 0 Å². The van der Waals surface area contributed by atoms with Crippen LogP contribution in [-0.2, 0) is 22.4 Å². The van der Waals surface area contributed by atoms with Gasteiger partial charge in [-0.3, -0.25) is 14.5 Å². The first-order valence-corrected chi connectivity index (χ1v) is 9.03. The fourth-order valence-electron chi connectivity index (χ4n) is 3.33. The molecule has 1 atom stereocenters. The molecule has 0 saturated carbocycles. The minimum atomic E-state index is -0.484. The number of carbonyl (C=O) groups is 2. The summed E-state index contributed by atoms with van der Waals surface area (Å²) in [5, 5.41) is 2.84. The standard InChI is InChI=1S/C21H24N2O3/c1-3-22-21(25)19-14-16-7-5-6-8-18(16)23(19)20(24)13-15-9-11-17(12-10-15)26-4-2/h5-12,19H,3-4,13-14H2,1-2H3,(H,22,25). The third-order valence-electron chi connectivity index (χ3n) is 4.49. The minimum absolute atomic E-state index is 0.0737. The van der Waals surface area contributed by atoms with Crippen LogP contribution in [-0.4, -0.2) is 31.0 Å². The van der Waals surface area contributed by atoms with Gasteiger partial charge in [0.2, 0.25) is 11.8 Å². The van der Waals surface area contributed by atoms with Crippen LogP contribution in [0.25, 0.3) is 0 Å². The Morgan fingerprint density at radius 3 is 2.54 bits per heavy atom. The number of likely N-dealkylation sites (N-methyl/N-ethyl adjacent to an activating group) is 1. The summed E-state index contributed by atoms with van der Waals surface area (Å²) in [7, 11) is 0. The van der Waals surface area contributed by atoms with E-state index in [1.807, 2.05) is 62.4 Å². The summed E-state index contributed by atoms with van der Waals surface area (Å²) in [6, 6.07) is 14.8. The molecule has 2 aromatic rings. The van der Waals surface area contributed by atoms with Crippen LogP contribution >= 0.6 is 0 Å². The number of amides is 2. The van der Waals surface area contributed by atoms with Crippen molar-refractivity contribution in [3.8, 4) is 5.75 Å². The summed E-state index contributed by atoms with van der Waals surface area (Å²) in [5.41, 5.74) is 2.76. The predicted octanol–water partition coefficient (Wildman–Crippen LogP) is 2.72. The molecule has 3 rings (SSSR count). The molecule has 2 aromatic carbocycles. The molecule has 5 heteroatoms. The highest BCUT2D eigenvalue weighted by Gasteiger charge is 2.37. The van der Waals surface area contributed by atoms with Gasteiger partial charge in [-0.1, -0.05) is 30.3 Å². The zero-order valence-corrected chi connectivity index (χ0v) is 15.2. The largest absolute Gasteiger partial charge is 0.494 e. The quantitative estimate of drug-likeness (QED) is 0.870. The highest BCUT2D eigenvalue weighted by molar-refractivity contribution is 6.04. The van der Waals surface area contributed by atoms with E-state index in [1.54, 1.807) is 4.90 Å². The first-order chi connectivity index (χ1) is 12.6. The number of benzene rings is 2. The summed E-state index contributed by atoms with van der Waals surface area (Å²) < 4.78 is 5.44. The van der Waals surface area contributed by atoms with Crippen LogP contribution in [0.4, 0.5) is 5.69 Å². The number of nitrogens with one attached hydrogen (secondary N) is 1. The van der Waals surface area contributed by atoms with Crippen molar-refractivity contribution in [3.63, 3.8) is 0 Å². The monoisotopic (exact) mass is 352 g/mol. The smallest absolute Gasteiger partial charge is 0.243 e. The number of para-hydroxylation sites is 1. The fourth-order valence-corrected chi connectivity index (χ4v) is 3.33. The van der Waals surface area contributed by atoms with Gasteiger partial charge in [-0.05, 0) is 43.2 Å².